The second-order valence-electron chi connectivity index (χ2n) is 3.89. The van der Waals surface area contributed by atoms with Crippen LogP contribution in [-0.2, 0) is 0 Å². The van der Waals surface area contributed by atoms with E-state index >= 15 is 0 Å². The second-order valence-corrected chi connectivity index (χ2v) is 3.89. The lowest BCUT2D eigenvalue weighted by molar-refractivity contribution is 0.0386. The Bertz CT molecular complexity index is 144. The van der Waals surface area contributed by atoms with Crippen LogP contribution in [0.15, 0.2) is 0 Å². The van der Waals surface area contributed by atoms with E-state index in [0.717, 1.165) is 19.3 Å². The molecule has 0 aromatic carbocycles. The zero-order valence-electron chi connectivity index (χ0n) is 9.71. The van der Waals surface area contributed by atoms with Gasteiger partial charge >= 0.3 is 0 Å². The van der Waals surface area contributed by atoms with E-state index in [2.05, 4.69) is 13.8 Å². The first-order chi connectivity index (χ1) is 6.58. The Morgan fingerprint density at radius 2 is 1.79 bits per heavy atom. The maximum absolute atomic E-state index is 9.87. The number of nitrogens with two attached hydrogens (primary N) is 2. The van der Waals surface area contributed by atoms with Gasteiger partial charge in [-0.2, -0.15) is 0 Å². The molecule has 0 saturated carbocycles. The fraction of sp³-hybridized carbons (Fsp3) is 0.909. The van der Waals surface area contributed by atoms with Crippen LogP contribution in [0.25, 0.3) is 0 Å². The van der Waals surface area contributed by atoms with Crippen molar-refractivity contribution in [2.45, 2.75) is 46.1 Å². The van der Waals surface area contributed by atoms with Crippen molar-refractivity contribution < 1.29 is 5.11 Å². The van der Waals surface area contributed by atoms with Crippen molar-refractivity contribution in [1.29, 1.82) is 0 Å². The minimum Gasteiger partial charge on any atom is -0.393 e. The van der Waals surface area contributed by atoms with Gasteiger partial charge in [0.05, 0.1) is 6.10 Å². The maximum Gasteiger partial charge on any atom is 0.0574 e. The van der Waals surface area contributed by atoms with Crippen LogP contribution in [-0.4, -0.2) is 24.3 Å². The van der Waals surface area contributed by atoms with Crippen molar-refractivity contribution >= 4 is 0 Å². The largest absolute Gasteiger partial charge is 0.393 e. The quantitative estimate of drug-likeness (QED) is 0.576. The molecule has 1 atom stereocenters. The summed E-state index contributed by atoms with van der Waals surface area (Å²) in [6.45, 7) is 7.19. The Kier molecular flexibility index (Phi) is 6.33. The van der Waals surface area contributed by atoms with Gasteiger partial charge in [-0.1, -0.05) is 13.8 Å². The van der Waals surface area contributed by atoms with E-state index in [9.17, 15) is 5.11 Å². The van der Waals surface area contributed by atoms with Crippen LogP contribution >= 0.6 is 0 Å². The van der Waals surface area contributed by atoms with Crippen LogP contribution < -0.4 is 11.5 Å². The molecule has 14 heavy (non-hydrogen) atoms. The van der Waals surface area contributed by atoms with Gasteiger partial charge in [0, 0.05) is 5.41 Å². The van der Waals surface area contributed by atoms with E-state index in [1.165, 1.54) is 5.92 Å². The van der Waals surface area contributed by atoms with E-state index in [-0.39, 0.29) is 11.5 Å². The molecule has 0 aromatic heterocycles. The summed E-state index contributed by atoms with van der Waals surface area (Å²) in [6, 6.07) is 0. The van der Waals surface area contributed by atoms with Crippen LogP contribution in [0.4, 0.5) is 0 Å². The van der Waals surface area contributed by atoms with Crippen molar-refractivity contribution in [2.24, 2.45) is 16.9 Å². The lowest BCUT2D eigenvalue weighted by Crippen LogP contribution is -2.42. The fourth-order valence-electron chi connectivity index (χ4n) is 2.36. The number of rotatable bonds is 7. The van der Waals surface area contributed by atoms with Gasteiger partial charge in [0.2, 0.25) is 0 Å². The molecule has 0 fully saturated rings. The average Bonchev–Trinajstić information content (AvgIpc) is 2.18. The predicted molar refractivity (Wildman–Crippen MR) is 60.7 cm³/mol. The lowest BCUT2D eigenvalue weighted by atomic mass is 9.66. The summed E-state index contributed by atoms with van der Waals surface area (Å²) < 4.78 is 0. The Labute approximate surface area is 87.9 Å². The first kappa shape index (κ1) is 13.9. The molecule has 0 rings (SSSR count). The highest BCUT2D eigenvalue weighted by molar-refractivity contribution is 5.09. The predicted octanol–water partition coefficient (Wildman–Crippen LogP) is 1.06. The Hall–Kier alpha value is -0.120. The first-order valence-electron chi connectivity index (χ1n) is 5.52. The third kappa shape index (κ3) is 2.69. The van der Waals surface area contributed by atoms with Gasteiger partial charge in [0.25, 0.3) is 0 Å². The molecule has 3 nitrogen and oxygen atoms in total. The summed E-state index contributed by atoms with van der Waals surface area (Å²) in [7, 11) is 0. The highest BCUT2D eigenvalue weighted by Gasteiger charge is 2.38. The minimum atomic E-state index is -0.345. The highest BCUT2D eigenvalue weighted by atomic mass is 16.3. The third-order valence-corrected chi connectivity index (χ3v) is 3.46. The normalized spacial score (nSPS) is 14.8. The minimum absolute atomic E-state index is 0.131. The van der Waals surface area contributed by atoms with Crippen LogP contribution in [0.2, 0.25) is 0 Å². The van der Waals surface area contributed by atoms with Gasteiger partial charge < -0.3 is 16.6 Å². The third-order valence-electron chi connectivity index (χ3n) is 3.46. The zero-order chi connectivity index (χ0) is 11.2. The monoisotopic (exact) mass is 201 g/mol. The standard InChI is InChI=1S/C11H25N2O/c1-4-11(5-2,9(3)14)10(8-13)6-7-12/h9,14H,4-8,12-13H2,1-3H3. The molecule has 0 saturated heterocycles. The van der Waals surface area contributed by atoms with Crippen molar-refractivity contribution in [3.05, 3.63) is 5.92 Å². The molecule has 5 N–H and O–H groups in total. The Balaban J connectivity index is 4.73. The van der Waals surface area contributed by atoms with E-state index in [4.69, 9.17) is 11.5 Å². The van der Waals surface area contributed by atoms with Crippen LogP contribution in [0.5, 0.6) is 0 Å². The molecule has 3 heteroatoms. The summed E-state index contributed by atoms with van der Waals surface area (Å²) in [5.74, 6) is 1.21. The van der Waals surface area contributed by atoms with Crippen molar-refractivity contribution in [1.82, 2.24) is 0 Å². The van der Waals surface area contributed by atoms with E-state index in [0.29, 0.717) is 13.1 Å². The number of aliphatic hydroxyl groups excluding tert-OH is 1. The van der Waals surface area contributed by atoms with Crippen LogP contribution in [0, 0.1) is 11.3 Å². The summed E-state index contributed by atoms with van der Waals surface area (Å²) in [6.07, 6.45) is 2.33. The van der Waals surface area contributed by atoms with Gasteiger partial charge in [-0.15, -0.1) is 0 Å². The molecular formula is C11H25N2O. The van der Waals surface area contributed by atoms with Crippen molar-refractivity contribution in [3.8, 4) is 0 Å². The zero-order valence-corrected chi connectivity index (χ0v) is 9.71. The van der Waals surface area contributed by atoms with E-state index < -0.39 is 0 Å². The summed E-state index contributed by atoms with van der Waals surface area (Å²) >= 11 is 0. The Morgan fingerprint density at radius 3 is 2.00 bits per heavy atom. The van der Waals surface area contributed by atoms with E-state index in [1.807, 2.05) is 6.92 Å². The first-order valence-corrected chi connectivity index (χ1v) is 5.52. The molecule has 0 aromatic rings. The molecule has 1 radical (unpaired) electrons. The molecule has 0 spiro atoms. The molecule has 0 amide bonds. The van der Waals surface area contributed by atoms with Gasteiger partial charge in [-0.25, -0.2) is 0 Å². The summed E-state index contributed by atoms with van der Waals surface area (Å²) in [5.41, 5.74) is 11.2. The number of hydrogen-bond acceptors (Lipinski definition) is 3. The van der Waals surface area contributed by atoms with Gasteiger partial charge in [-0.3, -0.25) is 0 Å². The average molecular weight is 201 g/mol. The van der Waals surface area contributed by atoms with Crippen LogP contribution in [0.1, 0.15) is 40.0 Å². The van der Waals surface area contributed by atoms with Crippen molar-refractivity contribution in [3.63, 3.8) is 0 Å². The van der Waals surface area contributed by atoms with Gasteiger partial charge in [-0.05, 0) is 45.2 Å². The molecule has 0 aliphatic heterocycles. The molecule has 0 heterocycles. The fourth-order valence-corrected chi connectivity index (χ4v) is 2.36. The van der Waals surface area contributed by atoms with E-state index in [1.54, 1.807) is 0 Å². The summed E-state index contributed by atoms with van der Waals surface area (Å²) in [5, 5.41) is 9.87. The smallest absolute Gasteiger partial charge is 0.0574 e. The second kappa shape index (κ2) is 6.38. The SMILES string of the molecule is CCC(CC)([C](CN)CCN)C(C)O. The molecule has 0 bridgehead atoms. The topological polar surface area (TPSA) is 72.3 Å². The summed E-state index contributed by atoms with van der Waals surface area (Å²) in [4.78, 5) is 0. The molecule has 0 aliphatic rings. The van der Waals surface area contributed by atoms with Crippen molar-refractivity contribution in [2.75, 3.05) is 13.1 Å². The lowest BCUT2D eigenvalue weighted by Gasteiger charge is -2.41. The highest BCUT2D eigenvalue weighted by Crippen LogP contribution is 2.41. The number of aliphatic hydroxyl groups is 1. The molecule has 85 valence electrons. The van der Waals surface area contributed by atoms with Gasteiger partial charge in [0.15, 0.2) is 0 Å². The molecular weight excluding hydrogens is 176 g/mol. The van der Waals surface area contributed by atoms with Crippen LogP contribution in [0.3, 0.4) is 0 Å². The Morgan fingerprint density at radius 1 is 1.29 bits per heavy atom. The van der Waals surface area contributed by atoms with Gasteiger partial charge in [0.1, 0.15) is 0 Å². The number of hydrogen-bond donors (Lipinski definition) is 3. The maximum atomic E-state index is 9.87. The molecule has 1 unspecified atom stereocenters. The molecule has 0 aliphatic carbocycles.